The molecule has 2 aromatic carbocycles. The molecular formula is C16H11BrF2O. The van der Waals surface area contributed by atoms with Crippen LogP contribution in [0.4, 0.5) is 8.78 Å². The molecule has 0 spiro atoms. The summed E-state index contributed by atoms with van der Waals surface area (Å²) in [6.07, 6.45) is 0.715. The first-order chi connectivity index (χ1) is 9.58. The number of fused-ring (bicyclic) bond motifs is 1. The Morgan fingerprint density at radius 1 is 1.05 bits per heavy atom. The van der Waals surface area contributed by atoms with Gasteiger partial charge in [-0.3, -0.25) is 0 Å². The van der Waals surface area contributed by atoms with E-state index < -0.39 is 11.6 Å². The van der Waals surface area contributed by atoms with Crippen LogP contribution < -0.4 is 4.74 Å². The average Bonchev–Trinajstić information content (AvgIpc) is 2.72. The standard InChI is InChI=1S/C16H11BrF2O/c1-20-13-3-2-9-6-15(17)16(14(9)8-13)10-4-11(18)7-12(19)5-10/h2-5,7-8H,6H2,1H3. The van der Waals surface area contributed by atoms with Gasteiger partial charge in [0.15, 0.2) is 0 Å². The van der Waals surface area contributed by atoms with Gasteiger partial charge < -0.3 is 4.74 Å². The summed E-state index contributed by atoms with van der Waals surface area (Å²) in [5.74, 6) is -0.436. The van der Waals surface area contributed by atoms with Crippen molar-refractivity contribution in [1.29, 1.82) is 0 Å². The van der Waals surface area contributed by atoms with Gasteiger partial charge in [0.05, 0.1) is 7.11 Å². The van der Waals surface area contributed by atoms with Crippen LogP contribution in [0.3, 0.4) is 0 Å². The van der Waals surface area contributed by atoms with E-state index >= 15 is 0 Å². The van der Waals surface area contributed by atoms with Crippen LogP contribution in [-0.4, -0.2) is 7.11 Å². The molecule has 1 nitrogen and oxygen atoms in total. The molecule has 0 saturated carbocycles. The highest BCUT2D eigenvalue weighted by atomic mass is 79.9. The van der Waals surface area contributed by atoms with Crippen LogP contribution in [-0.2, 0) is 6.42 Å². The number of methoxy groups -OCH3 is 1. The smallest absolute Gasteiger partial charge is 0.126 e. The van der Waals surface area contributed by atoms with Crippen molar-refractivity contribution in [2.75, 3.05) is 7.11 Å². The number of hydrogen-bond donors (Lipinski definition) is 0. The molecule has 0 aromatic heterocycles. The number of allylic oxidation sites excluding steroid dienone is 1. The van der Waals surface area contributed by atoms with Crippen LogP contribution in [0.1, 0.15) is 16.7 Å². The molecule has 0 atom stereocenters. The number of rotatable bonds is 2. The molecule has 0 amide bonds. The molecule has 0 radical (unpaired) electrons. The first-order valence-electron chi connectivity index (χ1n) is 6.11. The van der Waals surface area contributed by atoms with Crippen molar-refractivity contribution in [3.63, 3.8) is 0 Å². The first-order valence-corrected chi connectivity index (χ1v) is 6.90. The van der Waals surface area contributed by atoms with E-state index in [1.165, 1.54) is 12.1 Å². The maximum Gasteiger partial charge on any atom is 0.126 e. The Morgan fingerprint density at radius 2 is 1.75 bits per heavy atom. The lowest BCUT2D eigenvalue weighted by molar-refractivity contribution is 0.414. The Bertz CT molecular complexity index is 702. The summed E-state index contributed by atoms with van der Waals surface area (Å²) in [4.78, 5) is 0. The fraction of sp³-hybridized carbons (Fsp3) is 0.125. The zero-order valence-corrected chi connectivity index (χ0v) is 12.3. The SMILES string of the molecule is COc1ccc2c(c1)C(c1cc(F)cc(F)c1)=C(Br)C2. The van der Waals surface area contributed by atoms with Gasteiger partial charge in [-0.25, -0.2) is 8.78 Å². The van der Waals surface area contributed by atoms with Crippen LogP contribution >= 0.6 is 15.9 Å². The second kappa shape index (κ2) is 5.02. The van der Waals surface area contributed by atoms with Gasteiger partial charge in [0.1, 0.15) is 17.4 Å². The van der Waals surface area contributed by atoms with Crippen molar-refractivity contribution in [2.45, 2.75) is 6.42 Å². The van der Waals surface area contributed by atoms with Crippen LogP contribution in [0.25, 0.3) is 5.57 Å². The Balaban J connectivity index is 2.18. The summed E-state index contributed by atoms with van der Waals surface area (Å²) in [7, 11) is 1.59. The lowest BCUT2D eigenvalue weighted by Gasteiger charge is -2.09. The molecule has 0 unspecified atom stereocenters. The van der Waals surface area contributed by atoms with E-state index in [-0.39, 0.29) is 0 Å². The molecular weight excluding hydrogens is 326 g/mol. The summed E-state index contributed by atoms with van der Waals surface area (Å²) in [5, 5.41) is 0. The lowest BCUT2D eigenvalue weighted by Crippen LogP contribution is -1.92. The lowest BCUT2D eigenvalue weighted by atomic mass is 9.99. The Kier molecular flexibility index (Phi) is 3.34. The second-order valence-corrected chi connectivity index (χ2v) is 5.60. The average molecular weight is 337 g/mol. The second-order valence-electron chi connectivity index (χ2n) is 4.64. The van der Waals surface area contributed by atoms with Gasteiger partial charge >= 0.3 is 0 Å². The van der Waals surface area contributed by atoms with Gasteiger partial charge in [0.2, 0.25) is 0 Å². The zero-order valence-electron chi connectivity index (χ0n) is 10.7. The third-order valence-electron chi connectivity index (χ3n) is 3.35. The molecule has 102 valence electrons. The minimum absolute atomic E-state index is 0.529. The van der Waals surface area contributed by atoms with Gasteiger partial charge in [-0.15, -0.1) is 0 Å². The highest BCUT2D eigenvalue weighted by Crippen LogP contribution is 2.41. The molecule has 1 aliphatic carbocycles. The maximum atomic E-state index is 13.4. The van der Waals surface area contributed by atoms with E-state index in [0.29, 0.717) is 12.0 Å². The van der Waals surface area contributed by atoms with E-state index in [1.54, 1.807) is 7.11 Å². The van der Waals surface area contributed by atoms with E-state index in [2.05, 4.69) is 15.9 Å². The van der Waals surface area contributed by atoms with Gasteiger partial charge in [0, 0.05) is 17.0 Å². The Labute approximate surface area is 124 Å². The predicted molar refractivity (Wildman–Crippen MR) is 78.0 cm³/mol. The summed E-state index contributed by atoms with van der Waals surface area (Å²) < 4.78 is 33.0. The summed E-state index contributed by atoms with van der Waals surface area (Å²) in [6, 6.07) is 9.30. The molecule has 0 fully saturated rings. The Hall–Kier alpha value is -1.68. The molecule has 4 heteroatoms. The normalized spacial score (nSPS) is 13.6. The van der Waals surface area contributed by atoms with Crippen LogP contribution in [0, 0.1) is 11.6 Å². The van der Waals surface area contributed by atoms with Crippen molar-refractivity contribution in [3.8, 4) is 5.75 Å². The molecule has 0 saturated heterocycles. The topological polar surface area (TPSA) is 9.23 Å². The van der Waals surface area contributed by atoms with Gasteiger partial charge in [-0.1, -0.05) is 22.0 Å². The molecule has 3 rings (SSSR count). The fourth-order valence-electron chi connectivity index (χ4n) is 2.48. The highest BCUT2D eigenvalue weighted by Gasteiger charge is 2.22. The molecule has 0 aliphatic heterocycles. The van der Waals surface area contributed by atoms with Crippen LogP contribution in [0.5, 0.6) is 5.75 Å². The molecule has 20 heavy (non-hydrogen) atoms. The van der Waals surface area contributed by atoms with E-state index in [9.17, 15) is 8.78 Å². The summed E-state index contributed by atoms with van der Waals surface area (Å²) >= 11 is 3.51. The van der Waals surface area contributed by atoms with Crippen molar-refractivity contribution in [2.24, 2.45) is 0 Å². The monoisotopic (exact) mass is 336 g/mol. The minimum Gasteiger partial charge on any atom is -0.497 e. The van der Waals surface area contributed by atoms with E-state index in [0.717, 1.165) is 33.0 Å². The quantitative estimate of drug-likeness (QED) is 0.773. The van der Waals surface area contributed by atoms with Crippen molar-refractivity contribution >= 4 is 21.5 Å². The minimum atomic E-state index is -0.579. The number of benzene rings is 2. The fourth-order valence-corrected chi connectivity index (χ4v) is 3.23. The molecule has 1 aliphatic rings. The largest absolute Gasteiger partial charge is 0.497 e. The third-order valence-corrected chi connectivity index (χ3v) is 4.03. The van der Waals surface area contributed by atoms with Crippen LogP contribution in [0.15, 0.2) is 40.9 Å². The summed E-state index contributed by atoms with van der Waals surface area (Å²) in [6.45, 7) is 0. The molecule has 0 bridgehead atoms. The van der Waals surface area contributed by atoms with Crippen LogP contribution in [0.2, 0.25) is 0 Å². The number of ether oxygens (including phenoxy) is 1. The van der Waals surface area contributed by atoms with Crippen molar-refractivity contribution < 1.29 is 13.5 Å². The maximum absolute atomic E-state index is 13.4. The van der Waals surface area contributed by atoms with Crippen molar-refractivity contribution in [3.05, 3.63) is 69.2 Å². The Morgan fingerprint density at radius 3 is 2.40 bits per heavy atom. The highest BCUT2D eigenvalue weighted by molar-refractivity contribution is 9.11. The molecule has 2 aromatic rings. The van der Waals surface area contributed by atoms with Gasteiger partial charge in [-0.2, -0.15) is 0 Å². The number of hydrogen-bond acceptors (Lipinski definition) is 1. The first kappa shape index (κ1) is 13.3. The van der Waals surface area contributed by atoms with Crippen molar-refractivity contribution in [1.82, 2.24) is 0 Å². The van der Waals surface area contributed by atoms with Gasteiger partial charge in [-0.05, 0) is 46.5 Å². The third kappa shape index (κ3) is 2.24. The van der Waals surface area contributed by atoms with Gasteiger partial charge in [0.25, 0.3) is 0 Å². The van der Waals surface area contributed by atoms with E-state index in [4.69, 9.17) is 4.74 Å². The summed E-state index contributed by atoms with van der Waals surface area (Å²) in [5.41, 5.74) is 3.40. The molecule has 0 heterocycles. The predicted octanol–water partition coefficient (Wildman–Crippen LogP) is 4.68. The molecule has 0 N–H and O–H groups in total. The van der Waals surface area contributed by atoms with E-state index in [1.807, 2.05) is 18.2 Å². The number of halogens is 3. The zero-order chi connectivity index (χ0) is 14.3.